The molecule has 1 amide bonds. The first-order chi connectivity index (χ1) is 21.2. The highest BCUT2D eigenvalue weighted by Crippen LogP contribution is 2.37. The van der Waals surface area contributed by atoms with Crippen molar-refractivity contribution in [2.45, 2.75) is 51.9 Å². The smallest absolute Gasteiger partial charge is 0.416 e. The fourth-order valence-corrected chi connectivity index (χ4v) is 6.45. The van der Waals surface area contributed by atoms with Gasteiger partial charge >= 0.3 is 17.1 Å². The minimum Gasteiger partial charge on any atom is -0.493 e. The maximum atomic E-state index is 14.0. The van der Waals surface area contributed by atoms with Crippen molar-refractivity contribution < 1.29 is 27.8 Å². The second-order valence-corrected chi connectivity index (χ2v) is 13.3. The Kier molecular flexibility index (Phi) is 9.43. The second-order valence-electron chi connectivity index (χ2n) is 11.9. The zero-order chi connectivity index (χ0) is 32.5. The summed E-state index contributed by atoms with van der Waals surface area (Å²) in [6, 6.07) is 8.69. The number of carbonyl (C=O) groups is 1. The van der Waals surface area contributed by atoms with Crippen LogP contribution in [0.15, 0.2) is 51.4 Å². The predicted octanol–water partition coefficient (Wildman–Crippen LogP) is 4.64. The fraction of sp³-hybridized carbons (Fsp3) is 0.419. The van der Waals surface area contributed by atoms with Crippen LogP contribution in [0.1, 0.15) is 48.8 Å². The summed E-state index contributed by atoms with van der Waals surface area (Å²) in [5.74, 6) is -0.313. The van der Waals surface area contributed by atoms with Gasteiger partial charge in [-0.3, -0.25) is 14.3 Å². The molecule has 2 aliphatic heterocycles. The highest BCUT2D eigenvalue weighted by Gasteiger charge is 2.34. The Morgan fingerprint density at radius 3 is 2.58 bits per heavy atom. The van der Waals surface area contributed by atoms with Gasteiger partial charge in [0.15, 0.2) is 0 Å². The van der Waals surface area contributed by atoms with E-state index in [1.165, 1.54) is 16.7 Å². The molecule has 1 saturated heterocycles. The molecule has 2 aromatic carbocycles. The first-order valence-corrected chi connectivity index (χ1v) is 15.6. The van der Waals surface area contributed by atoms with Gasteiger partial charge in [0.2, 0.25) is 5.88 Å². The highest BCUT2D eigenvalue weighted by molar-refractivity contribution is 7.10. The second kappa shape index (κ2) is 13.0. The monoisotopic (exact) mass is 663 g/mol. The molecule has 0 bridgehead atoms. The Bertz CT molecular complexity index is 1810. The summed E-state index contributed by atoms with van der Waals surface area (Å²) in [4.78, 5) is 29.3. The van der Waals surface area contributed by atoms with Crippen molar-refractivity contribution in [3.05, 3.63) is 83.2 Å². The van der Waals surface area contributed by atoms with Gasteiger partial charge in [-0.25, -0.2) is 4.79 Å². The third kappa shape index (κ3) is 7.77. The molecule has 1 aromatic heterocycles. The minimum atomic E-state index is -4.66. The van der Waals surface area contributed by atoms with Gasteiger partial charge in [0.05, 0.1) is 22.0 Å². The topological polar surface area (TPSA) is 99.7 Å². The number of carbonyl (C=O) groups excluding carboxylic acids is 1. The van der Waals surface area contributed by atoms with Crippen molar-refractivity contribution in [1.82, 2.24) is 14.4 Å². The van der Waals surface area contributed by atoms with Gasteiger partial charge in [0.1, 0.15) is 5.60 Å². The number of halogens is 4. The Hall–Kier alpha value is -3.68. The van der Waals surface area contributed by atoms with Crippen molar-refractivity contribution in [3.8, 4) is 5.88 Å². The van der Waals surface area contributed by atoms with E-state index >= 15 is 0 Å². The van der Waals surface area contributed by atoms with E-state index < -0.39 is 22.2 Å². The van der Waals surface area contributed by atoms with Crippen LogP contribution in [0.25, 0.3) is 5.57 Å². The fourth-order valence-electron chi connectivity index (χ4n) is 5.30. The summed E-state index contributed by atoms with van der Waals surface area (Å²) in [6.45, 7) is 8.27. The zero-order valence-corrected chi connectivity index (χ0v) is 26.6. The predicted molar refractivity (Wildman–Crippen MR) is 167 cm³/mol. The van der Waals surface area contributed by atoms with E-state index in [0.29, 0.717) is 60.9 Å². The molecule has 0 unspecified atom stereocenters. The molecule has 0 spiro atoms. The molecule has 5 rings (SSSR count). The lowest BCUT2D eigenvalue weighted by molar-refractivity contribution is -0.138. The summed E-state index contributed by atoms with van der Waals surface area (Å²) >= 11 is 6.70. The molecule has 3 heterocycles. The maximum absolute atomic E-state index is 14.0. The van der Waals surface area contributed by atoms with Crippen LogP contribution in [0.5, 0.6) is 5.88 Å². The maximum Gasteiger partial charge on any atom is 0.416 e. The number of benzene rings is 2. The first kappa shape index (κ1) is 32.7. The van der Waals surface area contributed by atoms with Crippen LogP contribution in [0.4, 0.5) is 18.0 Å². The van der Waals surface area contributed by atoms with Crippen molar-refractivity contribution in [1.29, 1.82) is 0 Å². The van der Waals surface area contributed by atoms with Gasteiger partial charge in [0.25, 0.3) is 0 Å². The molecule has 3 aromatic rings. The summed E-state index contributed by atoms with van der Waals surface area (Å²) in [7, 11) is 0. The number of hydrogen-bond donors (Lipinski definition) is 1. The molecule has 1 fully saturated rings. The van der Waals surface area contributed by atoms with Crippen LogP contribution in [-0.4, -0.2) is 70.1 Å². The number of ether oxygens (including phenoxy) is 1. The molecule has 0 saturated carbocycles. The van der Waals surface area contributed by atoms with E-state index in [9.17, 15) is 27.9 Å². The average molecular weight is 664 g/mol. The lowest BCUT2D eigenvalue weighted by atomic mass is 9.96. The molecule has 0 aliphatic carbocycles. The van der Waals surface area contributed by atoms with Gasteiger partial charge in [-0.15, -0.1) is 0 Å². The molecule has 2 aliphatic rings. The van der Waals surface area contributed by atoms with Crippen molar-refractivity contribution >= 4 is 40.8 Å². The number of fused-ring (bicyclic) bond motifs is 1. The summed E-state index contributed by atoms with van der Waals surface area (Å²) in [5.41, 5.74) is -0.513. The SMILES string of the molecule is CC(C)(C)OC(=O)N1CCCN(CCn2c(O)c(C(Cc3ccc(Cl)cc3C(F)(F)F)=c3ccc4c(c3)C=NN=4)sc2=O)CC1. The molecule has 1 N–H and O–H groups in total. The third-order valence-corrected chi connectivity index (χ3v) is 8.77. The molecular weight excluding hydrogens is 631 g/mol. The molecule has 240 valence electrons. The van der Waals surface area contributed by atoms with Crippen LogP contribution >= 0.6 is 22.9 Å². The molecule has 9 nitrogen and oxygen atoms in total. The molecule has 14 heteroatoms. The standard InChI is InChI=1S/C31H33ClF3N5O4S/c1-30(2,3)44-28(42)39-10-4-9-38(11-13-39)12-14-40-27(41)26(45-29(40)43)23(19-6-8-25-21(15-19)18-36-37-25)16-20-5-7-22(32)17-24(20)31(33,34)35/h5-8,15,17-18,41H,4,9-14,16H2,1-3H3. The van der Waals surface area contributed by atoms with E-state index in [1.807, 2.05) is 20.8 Å². The number of alkyl halides is 3. The largest absolute Gasteiger partial charge is 0.493 e. The van der Waals surface area contributed by atoms with E-state index in [2.05, 4.69) is 15.1 Å². The quantitative estimate of drug-likeness (QED) is 0.415. The number of rotatable bonds is 6. The first-order valence-electron chi connectivity index (χ1n) is 14.4. The summed E-state index contributed by atoms with van der Waals surface area (Å²) in [5, 5.41) is 20.4. The van der Waals surface area contributed by atoms with E-state index in [1.54, 1.807) is 29.3 Å². The number of thiazole rings is 1. The Labute approximate surface area is 266 Å². The normalized spacial score (nSPS) is 16.3. The van der Waals surface area contributed by atoms with Gasteiger partial charge in [0, 0.05) is 49.7 Å². The Morgan fingerprint density at radius 2 is 1.84 bits per heavy atom. The molecule has 0 atom stereocenters. The summed E-state index contributed by atoms with van der Waals surface area (Å²) < 4.78 is 48.8. The van der Waals surface area contributed by atoms with Gasteiger partial charge in [-0.05, 0) is 74.4 Å². The minimum absolute atomic E-state index is 0.0494. The zero-order valence-electron chi connectivity index (χ0n) is 25.0. The Balaban J connectivity index is 1.44. The number of amides is 1. The third-order valence-electron chi connectivity index (χ3n) is 7.51. The van der Waals surface area contributed by atoms with Gasteiger partial charge in [-0.2, -0.15) is 23.4 Å². The molecule has 0 radical (unpaired) electrons. The van der Waals surface area contributed by atoms with E-state index in [-0.39, 0.29) is 40.4 Å². The summed E-state index contributed by atoms with van der Waals surface area (Å²) in [6.07, 6.45) is -3.01. The van der Waals surface area contributed by atoms with Crippen LogP contribution < -0.4 is 15.4 Å². The van der Waals surface area contributed by atoms with E-state index in [4.69, 9.17) is 16.3 Å². The van der Waals surface area contributed by atoms with Gasteiger partial charge < -0.3 is 14.7 Å². The number of hydrogen-bond acceptors (Lipinski definition) is 8. The average Bonchev–Trinajstić information content (AvgIpc) is 3.44. The van der Waals surface area contributed by atoms with Crippen LogP contribution in [0, 0.1) is 0 Å². The number of aromatic nitrogens is 1. The van der Waals surface area contributed by atoms with Crippen LogP contribution in [0.3, 0.4) is 0 Å². The number of nitrogens with zero attached hydrogens (tertiary/aromatic N) is 5. The molecular formula is C31H33ClF3N5O4S. The number of aromatic hydroxyl groups is 1. The lowest BCUT2D eigenvalue weighted by Crippen LogP contribution is -2.39. The van der Waals surface area contributed by atoms with E-state index in [0.717, 1.165) is 17.4 Å². The van der Waals surface area contributed by atoms with Gasteiger partial charge in [-0.1, -0.05) is 35.1 Å². The van der Waals surface area contributed by atoms with Crippen LogP contribution in [-0.2, 0) is 23.9 Å². The Morgan fingerprint density at radius 1 is 1.07 bits per heavy atom. The van der Waals surface area contributed by atoms with Crippen molar-refractivity contribution in [2.24, 2.45) is 10.2 Å². The van der Waals surface area contributed by atoms with Crippen molar-refractivity contribution in [3.63, 3.8) is 0 Å². The lowest BCUT2D eigenvalue weighted by Gasteiger charge is -2.26. The molecule has 45 heavy (non-hydrogen) atoms. The highest BCUT2D eigenvalue weighted by atomic mass is 35.5. The van der Waals surface area contributed by atoms with Crippen LogP contribution in [0.2, 0.25) is 5.02 Å². The van der Waals surface area contributed by atoms with Crippen molar-refractivity contribution in [2.75, 3.05) is 32.7 Å².